The van der Waals surface area contributed by atoms with Gasteiger partial charge in [-0.05, 0) is 105 Å². The van der Waals surface area contributed by atoms with Gasteiger partial charge in [0, 0.05) is 35.0 Å². The Balaban J connectivity index is 1.38. The molecule has 0 aliphatic rings. The van der Waals surface area contributed by atoms with Crippen LogP contribution < -0.4 is 30.3 Å². The predicted octanol–water partition coefficient (Wildman–Crippen LogP) is 7.85. The molecule has 0 aliphatic heterocycles. The Morgan fingerprint density at radius 2 is 1.37 bits per heavy atom. The second kappa shape index (κ2) is 15.2. The molecule has 4 rings (SSSR count). The van der Waals surface area contributed by atoms with Crippen molar-refractivity contribution in [2.45, 2.75) is 18.2 Å². The number of benzene rings is 4. The standard InChI is InChI=1S/C32H34N4O4S/c1-3-39-27-16-10-25(11-17-27)35-32(38)36(26-14-18-29(19-15-26)40-28-8-5-4-6-9-28)23-7-22-33-31(37)34-24-12-20-30(41-2)21-13-24/h4-6,8-21H,3,7,22-23H2,1-2H3,(H,35,38)(H2,33,34,37). The number of carbonyl (C=O) groups is 2. The number of carbonyl (C=O) groups excluding carboxylic acids is 2. The van der Waals surface area contributed by atoms with Crippen molar-refractivity contribution in [3.05, 3.63) is 103 Å². The molecule has 0 spiro atoms. The summed E-state index contributed by atoms with van der Waals surface area (Å²) in [7, 11) is 0. The van der Waals surface area contributed by atoms with Crippen LogP contribution in [0.5, 0.6) is 17.2 Å². The van der Waals surface area contributed by atoms with E-state index in [-0.39, 0.29) is 12.1 Å². The number of hydrogen-bond acceptors (Lipinski definition) is 5. The van der Waals surface area contributed by atoms with Crippen LogP contribution in [0.15, 0.2) is 108 Å². The van der Waals surface area contributed by atoms with Crippen LogP contribution in [0.3, 0.4) is 0 Å². The smallest absolute Gasteiger partial charge is 0.326 e. The van der Waals surface area contributed by atoms with Gasteiger partial charge < -0.3 is 25.4 Å². The van der Waals surface area contributed by atoms with Gasteiger partial charge in [0.25, 0.3) is 0 Å². The Hall–Kier alpha value is -4.63. The van der Waals surface area contributed by atoms with Crippen molar-refractivity contribution in [1.29, 1.82) is 0 Å². The lowest BCUT2D eigenvalue weighted by molar-refractivity contribution is 0.252. The zero-order valence-electron chi connectivity index (χ0n) is 23.1. The number of thioether (sulfide) groups is 1. The summed E-state index contributed by atoms with van der Waals surface area (Å²) in [6.07, 6.45) is 2.54. The zero-order valence-corrected chi connectivity index (χ0v) is 23.9. The normalized spacial score (nSPS) is 10.4. The molecule has 0 radical (unpaired) electrons. The minimum absolute atomic E-state index is 0.288. The van der Waals surface area contributed by atoms with Crippen molar-refractivity contribution in [2.75, 3.05) is 41.5 Å². The maximum absolute atomic E-state index is 13.4. The lowest BCUT2D eigenvalue weighted by atomic mass is 10.2. The molecular weight excluding hydrogens is 536 g/mol. The fourth-order valence-electron chi connectivity index (χ4n) is 3.95. The number of nitrogens with one attached hydrogen (secondary N) is 3. The average molecular weight is 571 g/mol. The maximum Gasteiger partial charge on any atom is 0.326 e. The van der Waals surface area contributed by atoms with E-state index in [0.717, 1.165) is 22.1 Å². The molecule has 0 fully saturated rings. The summed E-state index contributed by atoms with van der Waals surface area (Å²) in [5, 5.41) is 8.65. The minimum atomic E-state index is -0.297. The third-order valence-electron chi connectivity index (χ3n) is 5.98. The van der Waals surface area contributed by atoms with Crippen molar-refractivity contribution in [1.82, 2.24) is 5.32 Å². The van der Waals surface area contributed by atoms with E-state index >= 15 is 0 Å². The SMILES string of the molecule is CCOc1ccc(NC(=O)N(CCCNC(=O)Nc2ccc(SC)cc2)c2ccc(Oc3ccccc3)cc2)cc1. The molecule has 3 N–H and O–H groups in total. The van der Waals surface area contributed by atoms with E-state index in [1.807, 2.05) is 104 Å². The highest BCUT2D eigenvalue weighted by atomic mass is 32.2. The fraction of sp³-hybridized carbons (Fsp3) is 0.188. The van der Waals surface area contributed by atoms with Crippen LogP contribution in [0.25, 0.3) is 0 Å². The highest BCUT2D eigenvalue weighted by Crippen LogP contribution is 2.25. The van der Waals surface area contributed by atoms with Crippen LogP contribution in [0.1, 0.15) is 13.3 Å². The molecule has 4 aromatic rings. The van der Waals surface area contributed by atoms with E-state index in [2.05, 4.69) is 16.0 Å². The van der Waals surface area contributed by atoms with Crippen molar-refractivity contribution in [3.8, 4) is 17.2 Å². The molecule has 41 heavy (non-hydrogen) atoms. The van der Waals surface area contributed by atoms with Gasteiger partial charge in [-0.2, -0.15) is 0 Å². The van der Waals surface area contributed by atoms with Crippen molar-refractivity contribution in [2.24, 2.45) is 0 Å². The third kappa shape index (κ3) is 9.22. The largest absolute Gasteiger partial charge is 0.494 e. The molecule has 0 aliphatic carbocycles. The number of ether oxygens (including phenoxy) is 2. The first kappa shape index (κ1) is 29.4. The van der Waals surface area contributed by atoms with Crippen molar-refractivity contribution >= 4 is 40.9 Å². The molecule has 9 heteroatoms. The Labute approximate surface area is 245 Å². The number of hydrogen-bond donors (Lipinski definition) is 3. The lowest BCUT2D eigenvalue weighted by Crippen LogP contribution is -2.38. The van der Waals surface area contributed by atoms with Crippen molar-refractivity contribution < 1.29 is 19.1 Å². The van der Waals surface area contributed by atoms with Gasteiger partial charge in [-0.25, -0.2) is 9.59 Å². The summed E-state index contributed by atoms with van der Waals surface area (Å²) in [6.45, 7) is 3.26. The van der Waals surface area contributed by atoms with Crippen molar-refractivity contribution in [3.63, 3.8) is 0 Å². The molecule has 0 unspecified atom stereocenters. The molecular formula is C32H34N4O4S. The number of urea groups is 2. The monoisotopic (exact) mass is 570 g/mol. The number of amides is 4. The first-order valence-electron chi connectivity index (χ1n) is 13.4. The first-order chi connectivity index (χ1) is 20.0. The summed E-state index contributed by atoms with van der Waals surface area (Å²) in [4.78, 5) is 28.5. The van der Waals surface area contributed by atoms with Gasteiger partial charge in [0.15, 0.2) is 0 Å². The summed E-state index contributed by atoms with van der Waals surface area (Å²) in [5.41, 5.74) is 2.07. The van der Waals surface area contributed by atoms with E-state index in [1.54, 1.807) is 28.8 Å². The summed E-state index contributed by atoms with van der Waals surface area (Å²) >= 11 is 1.64. The summed E-state index contributed by atoms with van der Waals surface area (Å²) < 4.78 is 11.4. The number of para-hydroxylation sites is 1. The molecule has 212 valence electrons. The van der Waals surface area contributed by atoms with E-state index in [9.17, 15) is 9.59 Å². The molecule has 8 nitrogen and oxygen atoms in total. The van der Waals surface area contributed by atoms with Crippen LogP contribution >= 0.6 is 11.8 Å². The van der Waals surface area contributed by atoms with Gasteiger partial charge in [0.1, 0.15) is 17.2 Å². The zero-order chi connectivity index (χ0) is 28.9. The van der Waals surface area contributed by atoms with Gasteiger partial charge in [-0.3, -0.25) is 4.90 Å². The molecule has 0 heterocycles. The Morgan fingerprint density at radius 1 is 0.756 bits per heavy atom. The topological polar surface area (TPSA) is 91.9 Å². The average Bonchev–Trinajstić information content (AvgIpc) is 3.00. The van der Waals surface area contributed by atoms with E-state index < -0.39 is 0 Å². The van der Waals surface area contributed by atoms with Crippen LogP contribution in [0.2, 0.25) is 0 Å². The summed E-state index contributed by atoms with van der Waals surface area (Å²) in [5.74, 6) is 2.13. The first-order valence-corrected chi connectivity index (χ1v) is 14.6. The Morgan fingerprint density at radius 3 is 2.02 bits per heavy atom. The van der Waals surface area contributed by atoms with Gasteiger partial charge in [-0.1, -0.05) is 18.2 Å². The number of anilines is 3. The quantitative estimate of drug-likeness (QED) is 0.119. The molecule has 0 bridgehead atoms. The van der Waals surface area contributed by atoms with Crippen LogP contribution in [-0.4, -0.2) is 38.0 Å². The second-order valence-electron chi connectivity index (χ2n) is 8.91. The highest BCUT2D eigenvalue weighted by molar-refractivity contribution is 7.98. The van der Waals surface area contributed by atoms with Gasteiger partial charge in [0.05, 0.1) is 6.61 Å². The van der Waals surface area contributed by atoms with E-state index in [0.29, 0.717) is 43.2 Å². The molecule has 0 aromatic heterocycles. The fourth-order valence-corrected chi connectivity index (χ4v) is 4.36. The molecule has 0 saturated carbocycles. The Bertz CT molecular complexity index is 1380. The minimum Gasteiger partial charge on any atom is -0.494 e. The molecule has 4 amide bonds. The van der Waals surface area contributed by atoms with Crippen LogP contribution in [-0.2, 0) is 0 Å². The highest BCUT2D eigenvalue weighted by Gasteiger charge is 2.16. The van der Waals surface area contributed by atoms with Gasteiger partial charge in [0.2, 0.25) is 0 Å². The third-order valence-corrected chi connectivity index (χ3v) is 6.72. The summed E-state index contributed by atoms with van der Waals surface area (Å²) in [6, 6.07) is 31.1. The lowest BCUT2D eigenvalue weighted by Gasteiger charge is -2.24. The number of nitrogens with zero attached hydrogens (tertiary/aromatic N) is 1. The van der Waals surface area contributed by atoms with E-state index in [1.165, 1.54) is 0 Å². The van der Waals surface area contributed by atoms with Gasteiger partial charge in [-0.15, -0.1) is 11.8 Å². The maximum atomic E-state index is 13.4. The molecule has 0 atom stereocenters. The van der Waals surface area contributed by atoms with E-state index in [4.69, 9.17) is 9.47 Å². The molecule has 4 aromatic carbocycles. The second-order valence-corrected chi connectivity index (χ2v) is 9.79. The predicted molar refractivity (Wildman–Crippen MR) is 167 cm³/mol. The van der Waals surface area contributed by atoms with Gasteiger partial charge >= 0.3 is 12.1 Å². The Kier molecular flexibility index (Phi) is 10.9. The van der Waals surface area contributed by atoms with Crippen LogP contribution in [0.4, 0.5) is 26.7 Å². The number of rotatable bonds is 12. The molecule has 0 saturated heterocycles. The van der Waals surface area contributed by atoms with Crippen LogP contribution in [0, 0.1) is 0 Å².